The fourth-order valence-corrected chi connectivity index (χ4v) is 1.75. The summed E-state index contributed by atoms with van der Waals surface area (Å²) in [5.74, 6) is 0. The quantitative estimate of drug-likeness (QED) is 0.689. The highest BCUT2D eigenvalue weighted by atomic mass is 32.2. The zero-order chi connectivity index (χ0) is 11.8. The summed E-state index contributed by atoms with van der Waals surface area (Å²) in [6, 6.07) is 1.20. The van der Waals surface area contributed by atoms with E-state index < -0.39 is 10.0 Å². The summed E-state index contributed by atoms with van der Waals surface area (Å²) in [6.07, 6.45) is 1.10. The number of hydrogen-bond acceptors (Lipinski definition) is 6. The third-order valence-electron chi connectivity index (χ3n) is 1.84. The van der Waals surface area contributed by atoms with E-state index in [2.05, 4.69) is 10.3 Å². The molecule has 0 amide bonds. The van der Waals surface area contributed by atoms with Crippen LogP contribution < -0.4 is 5.14 Å². The zero-order valence-electron chi connectivity index (χ0n) is 8.40. The molecule has 1 aromatic heterocycles. The molecule has 1 aliphatic rings. The lowest BCUT2D eigenvalue weighted by molar-refractivity contribution is -0.00403. The van der Waals surface area contributed by atoms with Crippen LogP contribution in [0.4, 0.5) is 0 Å². The Labute approximate surface area is 91.7 Å². The van der Waals surface area contributed by atoms with Crippen molar-refractivity contribution in [1.29, 1.82) is 0 Å². The Morgan fingerprint density at radius 2 is 2.38 bits per heavy atom. The summed E-state index contributed by atoms with van der Waals surface area (Å²) in [5.41, 5.74) is 0. The van der Waals surface area contributed by atoms with Gasteiger partial charge in [0, 0.05) is 0 Å². The van der Waals surface area contributed by atoms with Gasteiger partial charge in [-0.2, -0.15) is 9.78 Å². The Balaban J connectivity index is 2.39. The Kier molecular flexibility index (Phi) is 2.56. The lowest BCUT2D eigenvalue weighted by Crippen LogP contribution is -2.31. The van der Waals surface area contributed by atoms with Crippen LogP contribution in [0.15, 0.2) is 22.4 Å². The number of primary sulfonamides is 1. The highest BCUT2D eigenvalue weighted by Crippen LogP contribution is 2.09. The molecule has 0 saturated heterocycles. The molecule has 2 rings (SSSR count). The molecule has 0 aliphatic carbocycles. The van der Waals surface area contributed by atoms with Crippen LogP contribution in [-0.4, -0.2) is 36.9 Å². The SMILES string of the molecule is CC1COC(n2nccc2S(N)(=O)=O)=NO1. The van der Waals surface area contributed by atoms with E-state index in [-0.39, 0.29) is 23.8 Å². The van der Waals surface area contributed by atoms with Gasteiger partial charge in [-0.15, -0.1) is 0 Å². The first-order valence-corrected chi connectivity index (χ1v) is 5.97. The number of ether oxygens (including phenoxy) is 1. The molecule has 88 valence electrons. The van der Waals surface area contributed by atoms with Crippen LogP contribution in [0, 0.1) is 0 Å². The molecule has 0 aromatic carbocycles. The van der Waals surface area contributed by atoms with Crippen molar-refractivity contribution in [2.45, 2.75) is 18.1 Å². The number of oxime groups is 1. The van der Waals surface area contributed by atoms with Gasteiger partial charge in [0.05, 0.1) is 6.20 Å². The van der Waals surface area contributed by atoms with Gasteiger partial charge >= 0.3 is 6.02 Å². The normalized spacial score (nSPS) is 20.9. The molecule has 2 N–H and O–H groups in total. The van der Waals surface area contributed by atoms with Crippen molar-refractivity contribution in [3.63, 3.8) is 0 Å². The first-order chi connectivity index (χ1) is 7.48. The summed E-state index contributed by atoms with van der Waals surface area (Å²) < 4.78 is 28.5. The average Bonchev–Trinajstić information content (AvgIpc) is 2.66. The number of nitrogens with zero attached hydrogens (tertiary/aromatic N) is 3. The topological polar surface area (TPSA) is 109 Å². The Morgan fingerprint density at radius 3 is 2.94 bits per heavy atom. The molecular formula is C7H10N4O4S. The van der Waals surface area contributed by atoms with Crippen molar-refractivity contribution in [2.75, 3.05) is 6.61 Å². The van der Waals surface area contributed by atoms with Gasteiger partial charge in [0.25, 0.3) is 10.0 Å². The largest absolute Gasteiger partial charge is 0.457 e. The van der Waals surface area contributed by atoms with Crippen molar-refractivity contribution in [1.82, 2.24) is 9.78 Å². The third-order valence-corrected chi connectivity index (χ3v) is 2.73. The van der Waals surface area contributed by atoms with E-state index in [9.17, 15) is 8.42 Å². The van der Waals surface area contributed by atoms with E-state index in [1.165, 1.54) is 12.3 Å². The summed E-state index contributed by atoms with van der Waals surface area (Å²) in [6.45, 7) is 2.03. The second kappa shape index (κ2) is 3.76. The lowest BCUT2D eigenvalue weighted by Gasteiger charge is -2.18. The van der Waals surface area contributed by atoms with Gasteiger partial charge in [0.1, 0.15) is 6.61 Å². The van der Waals surface area contributed by atoms with Gasteiger partial charge in [-0.1, -0.05) is 0 Å². The second-order valence-corrected chi connectivity index (χ2v) is 4.74. The number of hydrogen-bond donors (Lipinski definition) is 1. The van der Waals surface area contributed by atoms with Crippen molar-refractivity contribution in [3.05, 3.63) is 12.3 Å². The monoisotopic (exact) mass is 246 g/mol. The van der Waals surface area contributed by atoms with E-state index >= 15 is 0 Å². The average molecular weight is 246 g/mol. The molecule has 16 heavy (non-hydrogen) atoms. The van der Waals surface area contributed by atoms with Crippen LogP contribution in [-0.2, 0) is 19.6 Å². The van der Waals surface area contributed by atoms with Crippen molar-refractivity contribution >= 4 is 16.0 Å². The number of aromatic nitrogens is 2. The van der Waals surface area contributed by atoms with Crippen molar-refractivity contribution in [2.24, 2.45) is 10.3 Å². The Morgan fingerprint density at radius 1 is 1.62 bits per heavy atom. The molecule has 8 nitrogen and oxygen atoms in total. The summed E-state index contributed by atoms with van der Waals surface area (Å²) in [5, 5.41) is 12.1. The van der Waals surface area contributed by atoms with Gasteiger partial charge in [-0.05, 0) is 18.1 Å². The maximum absolute atomic E-state index is 11.2. The fourth-order valence-electron chi connectivity index (χ4n) is 1.13. The molecular weight excluding hydrogens is 236 g/mol. The minimum atomic E-state index is -3.87. The van der Waals surface area contributed by atoms with Crippen LogP contribution >= 0.6 is 0 Å². The van der Waals surface area contributed by atoms with Gasteiger partial charge in [0.15, 0.2) is 11.1 Å². The zero-order valence-corrected chi connectivity index (χ0v) is 9.22. The van der Waals surface area contributed by atoms with Crippen LogP contribution in [0.5, 0.6) is 0 Å². The van der Waals surface area contributed by atoms with E-state index in [0.717, 1.165) is 4.68 Å². The maximum Gasteiger partial charge on any atom is 0.353 e. The molecule has 0 radical (unpaired) electrons. The predicted octanol–water partition coefficient (Wildman–Crippen LogP) is -0.915. The lowest BCUT2D eigenvalue weighted by atomic mass is 10.4. The van der Waals surface area contributed by atoms with Gasteiger partial charge in [0.2, 0.25) is 0 Å². The maximum atomic E-state index is 11.2. The molecule has 1 atom stereocenters. The number of nitrogens with two attached hydrogens (primary N) is 1. The number of sulfonamides is 1. The van der Waals surface area contributed by atoms with E-state index in [4.69, 9.17) is 14.7 Å². The molecule has 9 heteroatoms. The van der Waals surface area contributed by atoms with Crippen LogP contribution in [0.1, 0.15) is 6.92 Å². The minimum Gasteiger partial charge on any atom is -0.457 e. The van der Waals surface area contributed by atoms with E-state index in [1.807, 2.05) is 0 Å². The first kappa shape index (κ1) is 10.9. The van der Waals surface area contributed by atoms with E-state index in [1.54, 1.807) is 6.92 Å². The standard InChI is InChI=1S/C7H10N4O4S/c1-5-4-14-7(10-15-5)11-6(2-3-9-11)16(8,12)13/h2-3,5H,4H2,1H3,(H2,8,12,13). The first-order valence-electron chi connectivity index (χ1n) is 4.42. The van der Waals surface area contributed by atoms with Crippen molar-refractivity contribution in [3.8, 4) is 0 Å². The van der Waals surface area contributed by atoms with Crippen LogP contribution in [0.25, 0.3) is 0 Å². The highest BCUT2D eigenvalue weighted by molar-refractivity contribution is 7.89. The highest BCUT2D eigenvalue weighted by Gasteiger charge is 2.23. The molecule has 1 aromatic rings. The summed E-state index contributed by atoms with van der Waals surface area (Å²) >= 11 is 0. The fraction of sp³-hybridized carbons (Fsp3) is 0.429. The molecule has 0 fully saturated rings. The van der Waals surface area contributed by atoms with Crippen LogP contribution in [0.2, 0.25) is 0 Å². The molecule has 1 aliphatic heterocycles. The Bertz CT molecular complexity index is 520. The molecule has 1 unspecified atom stereocenters. The van der Waals surface area contributed by atoms with Gasteiger partial charge < -0.3 is 9.57 Å². The molecule has 0 saturated carbocycles. The van der Waals surface area contributed by atoms with Gasteiger partial charge in [-0.3, -0.25) is 0 Å². The smallest absolute Gasteiger partial charge is 0.353 e. The molecule has 0 spiro atoms. The third kappa shape index (κ3) is 1.99. The molecule has 2 heterocycles. The summed E-state index contributed by atoms with van der Waals surface area (Å²) in [4.78, 5) is 4.95. The van der Waals surface area contributed by atoms with Crippen molar-refractivity contribution < 1.29 is 18.0 Å². The van der Waals surface area contributed by atoms with E-state index in [0.29, 0.717) is 0 Å². The molecule has 0 bridgehead atoms. The predicted molar refractivity (Wildman–Crippen MR) is 52.9 cm³/mol. The minimum absolute atomic E-state index is 0.0490. The van der Waals surface area contributed by atoms with Crippen LogP contribution in [0.3, 0.4) is 0 Å². The van der Waals surface area contributed by atoms with Gasteiger partial charge in [-0.25, -0.2) is 13.6 Å². The summed E-state index contributed by atoms with van der Waals surface area (Å²) in [7, 11) is -3.87. The second-order valence-electron chi connectivity index (χ2n) is 3.23. The number of rotatable bonds is 1. The Hall–Kier alpha value is -1.61.